The Morgan fingerprint density at radius 2 is 1.93 bits per heavy atom. The van der Waals surface area contributed by atoms with Crippen molar-refractivity contribution in [1.29, 1.82) is 0 Å². The van der Waals surface area contributed by atoms with Gasteiger partial charge in [-0.25, -0.2) is 4.99 Å². The van der Waals surface area contributed by atoms with Crippen LogP contribution in [0, 0.1) is 23.2 Å². The first-order chi connectivity index (χ1) is 19.5. The SMILES string of the molecule is C[C@@H]1[C@@H](N=C(Nc2ccc(C(=O)N[C@@H](CO)Cc3ccc(Cl)cc3Cl)cc2)N2CCN[C@@H](C)C2)C[C@H]2C[C@@H]1C2(C)C. The van der Waals surface area contributed by atoms with Crippen molar-refractivity contribution in [2.24, 2.45) is 28.2 Å². The third-order valence-electron chi connectivity index (χ3n) is 9.71. The average molecular weight is 601 g/mol. The van der Waals surface area contributed by atoms with Crippen molar-refractivity contribution >= 4 is 40.8 Å². The summed E-state index contributed by atoms with van der Waals surface area (Å²) in [6, 6.07) is 12.9. The largest absolute Gasteiger partial charge is 0.394 e. The van der Waals surface area contributed by atoms with Gasteiger partial charge in [0, 0.05) is 47.0 Å². The molecule has 3 saturated carbocycles. The first-order valence-electron chi connectivity index (χ1n) is 14.8. The number of aliphatic hydroxyl groups excluding tert-OH is 1. The van der Waals surface area contributed by atoms with Crippen molar-refractivity contribution in [2.45, 2.75) is 65.1 Å². The van der Waals surface area contributed by atoms with E-state index in [1.807, 2.05) is 18.2 Å². The summed E-state index contributed by atoms with van der Waals surface area (Å²) < 4.78 is 0. The molecule has 4 fully saturated rings. The molecule has 1 saturated heterocycles. The average Bonchev–Trinajstić information content (AvgIpc) is 2.94. The fourth-order valence-electron chi connectivity index (χ4n) is 6.98. The van der Waals surface area contributed by atoms with Crippen LogP contribution in [0.15, 0.2) is 47.5 Å². The maximum Gasteiger partial charge on any atom is 0.251 e. The predicted molar refractivity (Wildman–Crippen MR) is 168 cm³/mol. The van der Waals surface area contributed by atoms with Crippen LogP contribution in [0.2, 0.25) is 10.0 Å². The van der Waals surface area contributed by atoms with E-state index in [9.17, 15) is 9.90 Å². The molecule has 6 atom stereocenters. The molecule has 9 heteroatoms. The van der Waals surface area contributed by atoms with Gasteiger partial charge in [0.1, 0.15) is 0 Å². The number of amides is 1. The molecule has 6 rings (SSSR count). The number of hydrogen-bond acceptors (Lipinski definition) is 4. The highest BCUT2D eigenvalue weighted by atomic mass is 35.5. The van der Waals surface area contributed by atoms with E-state index in [0.717, 1.165) is 55.1 Å². The second-order valence-corrected chi connectivity index (χ2v) is 13.6. The molecular formula is C32H43Cl2N5O2. The first kappa shape index (κ1) is 30.1. The van der Waals surface area contributed by atoms with Gasteiger partial charge in [-0.05, 0) is 91.3 Å². The number of anilines is 1. The third-order valence-corrected chi connectivity index (χ3v) is 10.3. The number of nitrogens with zero attached hydrogens (tertiary/aromatic N) is 2. The number of hydrogen-bond donors (Lipinski definition) is 4. The van der Waals surface area contributed by atoms with Crippen molar-refractivity contribution in [3.05, 3.63) is 63.6 Å². The lowest BCUT2D eigenvalue weighted by molar-refractivity contribution is -0.108. The topological polar surface area (TPSA) is 89.0 Å². The van der Waals surface area contributed by atoms with E-state index in [4.69, 9.17) is 28.2 Å². The van der Waals surface area contributed by atoms with Gasteiger partial charge in [0.15, 0.2) is 5.96 Å². The Morgan fingerprint density at radius 1 is 1.17 bits per heavy atom. The lowest BCUT2D eigenvalue weighted by atomic mass is 9.45. The highest BCUT2D eigenvalue weighted by Gasteiger charge is 2.56. The molecular weight excluding hydrogens is 557 g/mol. The van der Waals surface area contributed by atoms with Crippen LogP contribution in [-0.2, 0) is 6.42 Å². The van der Waals surface area contributed by atoms with E-state index in [1.54, 1.807) is 24.3 Å². The summed E-state index contributed by atoms with van der Waals surface area (Å²) in [7, 11) is 0. The molecule has 1 aliphatic heterocycles. The van der Waals surface area contributed by atoms with Crippen LogP contribution in [0.4, 0.5) is 5.69 Å². The van der Waals surface area contributed by atoms with Gasteiger partial charge in [0.25, 0.3) is 5.91 Å². The van der Waals surface area contributed by atoms with Gasteiger partial charge in [0.05, 0.1) is 18.7 Å². The number of benzene rings is 2. The van der Waals surface area contributed by atoms with E-state index < -0.39 is 6.04 Å². The van der Waals surface area contributed by atoms with E-state index >= 15 is 0 Å². The number of aliphatic imine (C=N–C) groups is 1. The molecule has 2 aromatic rings. The molecule has 0 unspecified atom stereocenters. The Kier molecular flexibility index (Phi) is 9.19. The Morgan fingerprint density at radius 3 is 2.56 bits per heavy atom. The van der Waals surface area contributed by atoms with Crippen molar-refractivity contribution in [3.63, 3.8) is 0 Å². The second kappa shape index (κ2) is 12.5. The number of piperazine rings is 1. The van der Waals surface area contributed by atoms with Gasteiger partial charge in [-0.15, -0.1) is 0 Å². The maximum atomic E-state index is 13.0. The van der Waals surface area contributed by atoms with Crippen LogP contribution in [0.25, 0.3) is 0 Å². The van der Waals surface area contributed by atoms with Crippen LogP contribution in [-0.4, -0.2) is 66.2 Å². The molecule has 1 heterocycles. The van der Waals surface area contributed by atoms with Gasteiger partial charge in [-0.2, -0.15) is 0 Å². The van der Waals surface area contributed by atoms with Crippen LogP contribution in [0.3, 0.4) is 0 Å². The number of rotatable bonds is 7. The molecule has 0 aromatic heterocycles. The zero-order chi connectivity index (χ0) is 29.3. The molecule has 4 N–H and O–H groups in total. The fourth-order valence-corrected chi connectivity index (χ4v) is 7.47. The Labute approximate surface area is 254 Å². The highest BCUT2D eigenvalue weighted by Crippen LogP contribution is 2.61. The zero-order valence-electron chi connectivity index (χ0n) is 24.5. The predicted octanol–water partition coefficient (Wildman–Crippen LogP) is 5.46. The van der Waals surface area contributed by atoms with Crippen LogP contribution in [0.1, 0.15) is 56.5 Å². The molecule has 7 nitrogen and oxygen atoms in total. The Hall–Kier alpha value is -2.32. The van der Waals surface area contributed by atoms with Crippen LogP contribution >= 0.6 is 23.2 Å². The first-order valence-corrected chi connectivity index (χ1v) is 15.6. The molecule has 1 amide bonds. The molecule has 4 aliphatic rings. The lowest BCUT2D eigenvalue weighted by Crippen LogP contribution is -2.57. The third kappa shape index (κ3) is 6.69. The quantitative estimate of drug-likeness (QED) is 0.251. The second-order valence-electron chi connectivity index (χ2n) is 12.8. The number of fused-ring (bicyclic) bond motifs is 2. The van der Waals surface area contributed by atoms with Gasteiger partial charge < -0.3 is 26.0 Å². The number of carbonyl (C=O) groups is 1. The maximum absolute atomic E-state index is 13.0. The molecule has 2 bridgehead atoms. The number of guanidine groups is 1. The summed E-state index contributed by atoms with van der Waals surface area (Å²) in [6.07, 6.45) is 2.88. The Balaban J connectivity index is 1.27. The summed E-state index contributed by atoms with van der Waals surface area (Å²) in [4.78, 5) is 20.7. The lowest BCUT2D eigenvalue weighted by Gasteiger charge is -2.61. The van der Waals surface area contributed by atoms with Crippen molar-refractivity contribution in [3.8, 4) is 0 Å². The van der Waals surface area contributed by atoms with Gasteiger partial charge in [-0.1, -0.05) is 50.0 Å². The van der Waals surface area contributed by atoms with Gasteiger partial charge in [-0.3, -0.25) is 4.79 Å². The smallest absolute Gasteiger partial charge is 0.251 e. The minimum Gasteiger partial charge on any atom is -0.394 e. The van der Waals surface area contributed by atoms with E-state index in [2.05, 4.69) is 48.5 Å². The number of carbonyl (C=O) groups excluding carboxylic acids is 1. The summed E-state index contributed by atoms with van der Waals surface area (Å²) in [5.74, 6) is 2.71. The molecule has 0 radical (unpaired) electrons. The van der Waals surface area contributed by atoms with Gasteiger partial charge in [0.2, 0.25) is 0 Å². The van der Waals surface area contributed by atoms with E-state index in [-0.39, 0.29) is 12.5 Å². The van der Waals surface area contributed by atoms with Crippen LogP contribution < -0.4 is 16.0 Å². The van der Waals surface area contributed by atoms with E-state index in [0.29, 0.717) is 45.4 Å². The molecule has 0 spiro atoms. The Bertz CT molecular complexity index is 1270. The highest BCUT2D eigenvalue weighted by molar-refractivity contribution is 6.35. The molecule has 41 heavy (non-hydrogen) atoms. The monoisotopic (exact) mass is 599 g/mol. The zero-order valence-corrected chi connectivity index (χ0v) is 26.0. The van der Waals surface area contributed by atoms with Crippen LogP contribution in [0.5, 0.6) is 0 Å². The number of aliphatic hydroxyl groups is 1. The fraction of sp³-hybridized carbons (Fsp3) is 0.562. The number of halogens is 2. The van der Waals surface area contributed by atoms with Crippen molar-refractivity contribution < 1.29 is 9.90 Å². The minimum atomic E-state index is -0.471. The van der Waals surface area contributed by atoms with E-state index in [1.165, 1.54) is 6.42 Å². The molecule has 3 aliphatic carbocycles. The molecule has 222 valence electrons. The molecule has 2 aromatic carbocycles. The summed E-state index contributed by atoms with van der Waals surface area (Å²) in [5, 5.41) is 21.0. The summed E-state index contributed by atoms with van der Waals surface area (Å²) in [5.41, 5.74) is 2.66. The van der Waals surface area contributed by atoms with Crippen molar-refractivity contribution in [2.75, 3.05) is 31.6 Å². The summed E-state index contributed by atoms with van der Waals surface area (Å²) >= 11 is 12.3. The minimum absolute atomic E-state index is 0.203. The number of nitrogens with one attached hydrogen (secondary N) is 3. The van der Waals surface area contributed by atoms with Gasteiger partial charge >= 0.3 is 0 Å². The standard InChI is InChI=1S/C32H43Cl2N5O2/c1-19-17-39(12-11-35-19)31(38-29-15-23-14-27(20(29)2)32(23,3)4)37-25-9-6-21(7-10-25)30(41)36-26(18-40)13-22-5-8-24(33)16-28(22)34/h5-10,16,19-20,23,26-27,29,35,40H,11-15,17-18H2,1-4H3,(H,36,41)(H,37,38)/t19-,20-,23+,26+,27-,29-/m0/s1. The van der Waals surface area contributed by atoms with Crippen molar-refractivity contribution in [1.82, 2.24) is 15.5 Å². The normalized spacial score (nSPS) is 28.0. The summed E-state index contributed by atoms with van der Waals surface area (Å²) in [6.45, 7) is 11.9.